The molecule has 0 fully saturated rings. The molecule has 1 heterocycles. The average Bonchev–Trinajstić information content (AvgIpc) is 2.72. The maximum absolute atomic E-state index is 12.0. The molecule has 0 spiro atoms. The summed E-state index contributed by atoms with van der Waals surface area (Å²) in [4.78, 5) is 14.5. The Balaban J connectivity index is 1.62. The normalized spacial score (nSPS) is 17.5. The summed E-state index contributed by atoms with van der Waals surface area (Å²) in [5.74, 6) is 1.24. The van der Waals surface area contributed by atoms with Crippen molar-refractivity contribution in [3.05, 3.63) is 53.6 Å². The molecule has 160 valence electrons. The Morgan fingerprint density at radius 1 is 1.27 bits per heavy atom. The van der Waals surface area contributed by atoms with E-state index in [1.807, 2.05) is 18.2 Å². The number of hydrogen-bond donors (Lipinski definition) is 1. The number of methoxy groups -OCH3 is 1. The van der Waals surface area contributed by atoms with Crippen LogP contribution in [-0.2, 0) is 4.79 Å². The number of hydrogen-bond acceptors (Lipinski definition) is 5. The van der Waals surface area contributed by atoms with Crippen molar-refractivity contribution in [1.82, 2.24) is 5.43 Å². The Labute approximate surface area is 178 Å². The lowest BCUT2D eigenvalue weighted by atomic mass is 9.79. The van der Waals surface area contributed by atoms with Gasteiger partial charge >= 0.3 is 0 Å². The quantitative estimate of drug-likeness (QED) is 0.546. The van der Waals surface area contributed by atoms with Crippen LogP contribution in [0.5, 0.6) is 11.5 Å². The number of rotatable bonds is 7. The van der Waals surface area contributed by atoms with Gasteiger partial charge < -0.3 is 14.4 Å². The molecule has 2 aromatic carbocycles. The lowest BCUT2D eigenvalue weighted by molar-refractivity contribution is -0.123. The van der Waals surface area contributed by atoms with Gasteiger partial charge in [-0.15, -0.1) is 0 Å². The maximum atomic E-state index is 12.0. The maximum Gasteiger partial charge on any atom is 0.277 e. The van der Waals surface area contributed by atoms with Crippen LogP contribution in [0.4, 0.5) is 5.69 Å². The van der Waals surface area contributed by atoms with Crippen molar-refractivity contribution in [1.29, 1.82) is 0 Å². The zero-order chi connectivity index (χ0) is 21.7. The topological polar surface area (TPSA) is 63.2 Å². The first-order valence-electron chi connectivity index (χ1n) is 10.3. The van der Waals surface area contributed by atoms with Crippen molar-refractivity contribution in [2.45, 2.75) is 45.6 Å². The monoisotopic (exact) mass is 409 g/mol. The van der Waals surface area contributed by atoms with Gasteiger partial charge in [0.2, 0.25) is 0 Å². The van der Waals surface area contributed by atoms with Gasteiger partial charge in [0, 0.05) is 17.8 Å². The van der Waals surface area contributed by atoms with Gasteiger partial charge in [0.15, 0.2) is 18.1 Å². The fourth-order valence-corrected chi connectivity index (χ4v) is 4.28. The molecule has 1 aliphatic heterocycles. The van der Waals surface area contributed by atoms with E-state index >= 15 is 0 Å². The lowest BCUT2D eigenvalue weighted by Gasteiger charge is -2.47. The first kappa shape index (κ1) is 21.7. The molecule has 1 N–H and O–H groups in total. The standard InChI is InChI=1S/C24H31N3O3/c1-6-27-20-12-11-18(13-19(20)17(2)14-24(27,3)4)15-25-26-23(28)16-30-22-10-8-7-9-21(22)29-5/h7-13,15,17H,6,14,16H2,1-5H3,(H,26,28)/b25-15+. The van der Waals surface area contributed by atoms with Crippen LogP contribution in [0.2, 0.25) is 0 Å². The fourth-order valence-electron chi connectivity index (χ4n) is 4.28. The van der Waals surface area contributed by atoms with Gasteiger partial charge in [-0.25, -0.2) is 5.43 Å². The highest BCUT2D eigenvalue weighted by Gasteiger charge is 2.35. The van der Waals surface area contributed by atoms with Gasteiger partial charge in [-0.3, -0.25) is 4.79 Å². The molecule has 6 heteroatoms. The Morgan fingerprint density at radius 3 is 2.70 bits per heavy atom. The van der Waals surface area contributed by atoms with E-state index < -0.39 is 0 Å². The summed E-state index contributed by atoms with van der Waals surface area (Å²) in [5.41, 5.74) is 6.23. The smallest absolute Gasteiger partial charge is 0.277 e. The van der Waals surface area contributed by atoms with Crippen LogP contribution in [-0.4, -0.2) is 37.9 Å². The SMILES string of the molecule is CCN1c2ccc(/C=N/NC(=O)COc3ccccc3OC)cc2C(C)CC1(C)C. The molecule has 0 aromatic heterocycles. The number of ether oxygens (including phenoxy) is 2. The van der Waals surface area contributed by atoms with Crippen molar-refractivity contribution in [2.75, 3.05) is 25.2 Å². The van der Waals surface area contributed by atoms with Crippen LogP contribution >= 0.6 is 0 Å². The fraction of sp³-hybridized carbons (Fsp3) is 0.417. The van der Waals surface area contributed by atoms with Gasteiger partial charge in [0.25, 0.3) is 5.91 Å². The zero-order valence-electron chi connectivity index (χ0n) is 18.4. The number of hydrazone groups is 1. The van der Waals surface area contributed by atoms with E-state index in [4.69, 9.17) is 9.47 Å². The molecular weight excluding hydrogens is 378 g/mol. The molecule has 0 bridgehead atoms. The number of fused-ring (bicyclic) bond motifs is 1. The third kappa shape index (κ3) is 4.75. The first-order chi connectivity index (χ1) is 14.4. The number of nitrogens with zero attached hydrogens (tertiary/aromatic N) is 2. The molecule has 3 rings (SSSR count). The molecular formula is C24H31N3O3. The van der Waals surface area contributed by atoms with E-state index in [0.29, 0.717) is 17.4 Å². The van der Waals surface area contributed by atoms with Gasteiger partial charge in [0.1, 0.15) is 0 Å². The molecule has 30 heavy (non-hydrogen) atoms. The summed E-state index contributed by atoms with van der Waals surface area (Å²) in [7, 11) is 1.56. The van der Waals surface area contributed by atoms with Crippen LogP contribution in [0.25, 0.3) is 0 Å². The minimum absolute atomic E-state index is 0.139. The van der Waals surface area contributed by atoms with E-state index in [0.717, 1.165) is 18.5 Å². The molecule has 0 radical (unpaired) electrons. The average molecular weight is 410 g/mol. The van der Waals surface area contributed by atoms with Crippen molar-refractivity contribution >= 4 is 17.8 Å². The summed E-state index contributed by atoms with van der Waals surface area (Å²) < 4.78 is 10.7. The molecule has 0 saturated heterocycles. The highest BCUT2D eigenvalue weighted by molar-refractivity contribution is 5.84. The Bertz CT molecular complexity index is 924. The lowest BCUT2D eigenvalue weighted by Crippen LogP contribution is -2.48. The van der Waals surface area contributed by atoms with Crippen LogP contribution in [0.15, 0.2) is 47.6 Å². The van der Waals surface area contributed by atoms with Crippen molar-refractivity contribution in [3.8, 4) is 11.5 Å². The van der Waals surface area contributed by atoms with Crippen LogP contribution in [0.3, 0.4) is 0 Å². The zero-order valence-corrected chi connectivity index (χ0v) is 18.4. The van der Waals surface area contributed by atoms with E-state index in [1.54, 1.807) is 25.5 Å². The van der Waals surface area contributed by atoms with E-state index in [9.17, 15) is 4.79 Å². The molecule has 1 aliphatic rings. The molecule has 2 aromatic rings. The Morgan fingerprint density at radius 2 is 2.00 bits per heavy atom. The van der Waals surface area contributed by atoms with Gasteiger partial charge in [-0.05, 0) is 68.5 Å². The predicted octanol–water partition coefficient (Wildman–Crippen LogP) is 4.34. The number of para-hydroxylation sites is 2. The number of carbonyl (C=O) groups is 1. The summed E-state index contributed by atoms with van der Waals surface area (Å²) >= 11 is 0. The summed E-state index contributed by atoms with van der Waals surface area (Å²) in [6.07, 6.45) is 2.77. The van der Waals surface area contributed by atoms with Crippen LogP contribution < -0.4 is 19.8 Å². The number of carbonyl (C=O) groups excluding carboxylic acids is 1. The number of anilines is 1. The molecule has 1 unspecified atom stereocenters. The third-order valence-electron chi connectivity index (χ3n) is 5.56. The molecule has 0 aliphatic carbocycles. The minimum Gasteiger partial charge on any atom is -0.493 e. The second kappa shape index (κ2) is 9.20. The van der Waals surface area contributed by atoms with E-state index in [1.165, 1.54) is 11.3 Å². The minimum atomic E-state index is -0.331. The van der Waals surface area contributed by atoms with Crippen molar-refractivity contribution < 1.29 is 14.3 Å². The van der Waals surface area contributed by atoms with E-state index in [-0.39, 0.29) is 18.1 Å². The van der Waals surface area contributed by atoms with E-state index in [2.05, 4.69) is 55.3 Å². The highest BCUT2D eigenvalue weighted by atomic mass is 16.5. The molecule has 0 saturated carbocycles. The van der Waals surface area contributed by atoms with Crippen molar-refractivity contribution in [2.24, 2.45) is 5.10 Å². The molecule has 6 nitrogen and oxygen atoms in total. The highest BCUT2D eigenvalue weighted by Crippen LogP contribution is 2.43. The Hall–Kier alpha value is -3.02. The number of nitrogens with one attached hydrogen (secondary N) is 1. The predicted molar refractivity (Wildman–Crippen MR) is 121 cm³/mol. The van der Waals surface area contributed by atoms with Gasteiger partial charge in [0.05, 0.1) is 13.3 Å². The largest absolute Gasteiger partial charge is 0.493 e. The summed E-state index contributed by atoms with van der Waals surface area (Å²) in [6, 6.07) is 13.6. The number of benzene rings is 2. The third-order valence-corrected chi connectivity index (χ3v) is 5.56. The van der Waals surface area contributed by atoms with Crippen LogP contribution in [0, 0.1) is 0 Å². The Kier molecular flexibility index (Phi) is 6.65. The molecule has 1 amide bonds. The second-order valence-electron chi connectivity index (χ2n) is 8.21. The second-order valence-corrected chi connectivity index (χ2v) is 8.21. The van der Waals surface area contributed by atoms with Gasteiger partial charge in [-0.1, -0.05) is 25.1 Å². The summed E-state index contributed by atoms with van der Waals surface area (Å²) in [5, 5.41) is 4.09. The summed E-state index contributed by atoms with van der Waals surface area (Å²) in [6.45, 7) is 9.90. The number of amides is 1. The van der Waals surface area contributed by atoms with Crippen LogP contribution in [0.1, 0.15) is 51.2 Å². The molecule has 1 atom stereocenters. The van der Waals surface area contributed by atoms with Crippen molar-refractivity contribution in [3.63, 3.8) is 0 Å². The first-order valence-corrected chi connectivity index (χ1v) is 10.3. The van der Waals surface area contributed by atoms with Gasteiger partial charge in [-0.2, -0.15) is 5.10 Å².